The summed E-state index contributed by atoms with van der Waals surface area (Å²) in [5.74, 6) is 1.89. The molecular formula is C14H13ClINO3. The Labute approximate surface area is 135 Å². The van der Waals surface area contributed by atoms with Crippen molar-refractivity contribution in [3.05, 3.63) is 32.0 Å². The number of aliphatic hydroxyl groups excluding tert-OH is 1. The maximum absolute atomic E-state index is 9.64. The zero-order valence-corrected chi connectivity index (χ0v) is 13.7. The first kappa shape index (κ1) is 14.2. The molecule has 0 unspecified atom stereocenters. The maximum atomic E-state index is 9.64. The van der Waals surface area contributed by atoms with Gasteiger partial charge >= 0.3 is 0 Å². The van der Waals surface area contributed by atoms with Crippen LogP contribution < -0.4 is 4.74 Å². The van der Waals surface area contributed by atoms with Crippen LogP contribution in [0.5, 0.6) is 5.75 Å². The smallest absolute Gasteiger partial charge is 0.145 e. The van der Waals surface area contributed by atoms with Crippen molar-refractivity contribution in [3.8, 4) is 17.0 Å². The fourth-order valence-corrected chi connectivity index (χ4v) is 3.54. The number of ether oxygens (including phenoxy) is 1. The molecule has 0 bridgehead atoms. The van der Waals surface area contributed by atoms with E-state index in [1.807, 2.05) is 6.07 Å². The summed E-state index contributed by atoms with van der Waals surface area (Å²) in [6.07, 6.45) is 2.18. The van der Waals surface area contributed by atoms with Crippen LogP contribution in [0.25, 0.3) is 11.3 Å². The van der Waals surface area contributed by atoms with Crippen LogP contribution in [-0.2, 0) is 6.61 Å². The fourth-order valence-electron chi connectivity index (χ4n) is 2.23. The van der Waals surface area contributed by atoms with E-state index in [4.69, 9.17) is 20.9 Å². The van der Waals surface area contributed by atoms with E-state index in [9.17, 15) is 5.11 Å². The van der Waals surface area contributed by atoms with E-state index in [0.29, 0.717) is 22.4 Å². The lowest BCUT2D eigenvalue weighted by atomic mass is 10.0. The largest absolute Gasteiger partial charge is 0.497 e. The van der Waals surface area contributed by atoms with E-state index in [2.05, 4.69) is 27.7 Å². The molecule has 0 spiro atoms. The molecule has 1 aliphatic carbocycles. The van der Waals surface area contributed by atoms with Crippen molar-refractivity contribution >= 4 is 34.2 Å². The molecule has 1 N–H and O–H groups in total. The number of nitrogens with zero attached hydrogens (tertiary/aromatic N) is 1. The number of aliphatic hydroxyl groups is 1. The van der Waals surface area contributed by atoms with E-state index < -0.39 is 0 Å². The Morgan fingerprint density at radius 3 is 2.80 bits per heavy atom. The Kier molecular flexibility index (Phi) is 3.92. The van der Waals surface area contributed by atoms with Gasteiger partial charge in [0.05, 0.1) is 18.7 Å². The molecule has 2 aromatic rings. The van der Waals surface area contributed by atoms with Crippen molar-refractivity contribution in [1.82, 2.24) is 5.16 Å². The third kappa shape index (κ3) is 2.42. The molecule has 0 atom stereocenters. The molecule has 1 fully saturated rings. The van der Waals surface area contributed by atoms with Crippen LogP contribution in [-0.4, -0.2) is 17.4 Å². The highest BCUT2D eigenvalue weighted by Gasteiger charge is 2.33. The highest BCUT2D eigenvalue weighted by Crippen LogP contribution is 2.45. The molecule has 1 aromatic heterocycles. The molecule has 1 heterocycles. The Hall–Kier alpha value is -0.790. The summed E-state index contributed by atoms with van der Waals surface area (Å²) in [6, 6.07) is 3.63. The van der Waals surface area contributed by atoms with Gasteiger partial charge in [-0.2, -0.15) is 0 Å². The lowest BCUT2D eigenvalue weighted by molar-refractivity contribution is 0.277. The van der Waals surface area contributed by atoms with Crippen molar-refractivity contribution in [3.63, 3.8) is 0 Å². The Morgan fingerprint density at radius 2 is 2.25 bits per heavy atom. The highest BCUT2D eigenvalue weighted by molar-refractivity contribution is 14.1. The number of hydrogen-bond donors (Lipinski definition) is 1. The number of aromatic nitrogens is 1. The molecule has 1 saturated carbocycles. The number of halogens is 2. The van der Waals surface area contributed by atoms with Crippen LogP contribution in [0.15, 0.2) is 16.7 Å². The second kappa shape index (κ2) is 5.54. The van der Waals surface area contributed by atoms with Crippen LogP contribution in [0.4, 0.5) is 0 Å². The third-order valence-corrected chi connectivity index (χ3v) is 4.56. The van der Waals surface area contributed by atoms with Gasteiger partial charge in [-0.3, -0.25) is 0 Å². The number of hydrogen-bond acceptors (Lipinski definition) is 4. The summed E-state index contributed by atoms with van der Waals surface area (Å²) in [5.41, 5.74) is 2.16. The first-order valence-corrected chi connectivity index (χ1v) is 7.74. The number of rotatable bonds is 4. The molecule has 1 aromatic carbocycles. The molecule has 20 heavy (non-hydrogen) atoms. The average Bonchev–Trinajstić information content (AvgIpc) is 3.19. The zero-order chi connectivity index (χ0) is 14.3. The highest BCUT2D eigenvalue weighted by atomic mass is 127. The molecule has 0 radical (unpaired) electrons. The van der Waals surface area contributed by atoms with Crippen LogP contribution >= 0.6 is 34.2 Å². The van der Waals surface area contributed by atoms with Crippen LogP contribution in [0.3, 0.4) is 0 Å². The summed E-state index contributed by atoms with van der Waals surface area (Å²) in [5, 5.41) is 14.3. The summed E-state index contributed by atoms with van der Waals surface area (Å²) in [6.45, 7) is -0.0941. The monoisotopic (exact) mass is 405 g/mol. The first-order valence-electron chi connectivity index (χ1n) is 6.28. The summed E-state index contributed by atoms with van der Waals surface area (Å²) >= 11 is 8.52. The van der Waals surface area contributed by atoms with E-state index in [0.717, 1.165) is 33.3 Å². The molecule has 0 amide bonds. The van der Waals surface area contributed by atoms with Crippen molar-refractivity contribution in [2.45, 2.75) is 25.4 Å². The van der Waals surface area contributed by atoms with Gasteiger partial charge in [0.2, 0.25) is 0 Å². The lowest BCUT2D eigenvalue weighted by Crippen LogP contribution is -1.94. The topological polar surface area (TPSA) is 55.5 Å². The Balaban J connectivity index is 2.13. The number of benzene rings is 1. The normalized spacial score (nSPS) is 14.6. The van der Waals surface area contributed by atoms with E-state index in [1.54, 1.807) is 13.2 Å². The minimum Gasteiger partial charge on any atom is -0.497 e. The molecule has 3 rings (SSSR count). The molecule has 4 nitrogen and oxygen atoms in total. The van der Waals surface area contributed by atoms with E-state index in [-0.39, 0.29) is 6.61 Å². The second-order valence-corrected chi connectivity index (χ2v) is 6.34. The summed E-state index contributed by atoms with van der Waals surface area (Å²) in [4.78, 5) is 0. The third-order valence-electron chi connectivity index (χ3n) is 3.41. The summed E-state index contributed by atoms with van der Waals surface area (Å²) < 4.78 is 11.5. The van der Waals surface area contributed by atoms with Crippen molar-refractivity contribution in [2.24, 2.45) is 0 Å². The maximum Gasteiger partial charge on any atom is 0.145 e. The average molecular weight is 406 g/mol. The second-order valence-electron chi connectivity index (χ2n) is 4.77. The van der Waals surface area contributed by atoms with Gasteiger partial charge in [0.25, 0.3) is 0 Å². The van der Waals surface area contributed by atoms with Gasteiger partial charge in [-0.25, -0.2) is 0 Å². The summed E-state index contributed by atoms with van der Waals surface area (Å²) in [7, 11) is 1.60. The molecule has 6 heteroatoms. The molecular weight excluding hydrogens is 393 g/mol. The minimum absolute atomic E-state index is 0.0941. The Morgan fingerprint density at radius 1 is 1.50 bits per heavy atom. The van der Waals surface area contributed by atoms with Gasteiger partial charge in [0.1, 0.15) is 17.2 Å². The lowest BCUT2D eigenvalue weighted by Gasteiger charge is -2.08. The van der Waals surface area contributed by atoms with Crippen LogP contribution in [0.1, 0.15) is 30.1 Å². The van der Waals surface area contributed by atoms with Crippen molar-refractivity contribution in [2.75, 3.05) is 7.11 Å². The van der Waals surface area contributed by atoms with Crippen LogP contribution in [0, 0.1) is 3.57 Å². The zero-order valence-electron chi connectivity index (χ0n) is 10.8. The minimum atomic E-state index is -0.0941. The quantitative estimate of drug-likeness (QED) is 0.782. The first-order chi connectivity index (χ1) is 9.65. The van der Waals surface area contributed by atoms with Gasteiger partial charge in [0.15, 0.2) is 0 Å². The fraction of sp³-hybridized carbons (Fsp3) is 0.357. The van der Waals surface area contributed by atoms with Crippen molar-refractivity contribution in [1.29, 1.82) is 0 Å². The SMILES string of the molecule is COc1cc(Cl)c(-c2noc(C3CC3)c2CO)c(I)c1. The van der Waals surface area contributed by atoms with E-state index >= 15 is 0 Å². The van der Waals surface area contributed by atoms with Gasteiger partial charge < -0.3 is 14.4 Å². The van der Waals surface area contributed by atoms with Crippen LogP contribution in [0.2, 0.25) is 5.02 Å². The van der Waals surface area contributed by atoms with Gasteiger partial charge in [0, 0.05) is 20.6 Å². The van der Waals surface area contributed by atoms with Gasteiger partial charge in [-0.15, -0.1) is 0 Å². The van der Waals surface area contributed by atoms with E-state index in [1.165, 1.54) is 0 Å². The van der Waals surface area contributed by atoms with Gasteiger partial charge in [-0.05, 0) is 47.6 Å². The standard InChI is InChI=1S/C14H13ClINO3/c1-19-8-4-10(15)12(11(16)5-8)13-9(6-18)14(20-17-13)7-2-3-7/h4-5,7,18H,2-3,6H2,1H3. The molecule has 1 aliphatic rings. The Bertz CT molecular complexity index is 629. The van der Waals surface area contributed by atoms with Crippen molar-refractivity contribution < 1.29 is 14.4 Å². The predicted octanol–water partition coefficient (Wildman–Crippen LogP) is 3.98. The number of methoxy groups -OCH3 is 1. The molecule has 0 saturated heterocycles. The van der Waals surface area contributed by atoms with Gasteiger partial charge in [-0.1, -0.05) is 16.8 Å². The molecule has 106 valence electrons. The predicted molar refractivity (Wildman–Crippen MR) is 84.1 cm³/mol. The molecule has 0 aliphatic heterocycles.